The summed E-state index contributed by atoms with van der Waals surface area (Å²) in [5.41, 5.74) is 1.64. The highest BCUT2D eigenvalue weighted by Crippen LogP contribution is 2.22. The van der Waals surface area contributed by atoms with Gasteiger partial charge in [-0.15, -0.1) is 0 Å². The van der Waals surface area contributed by atoms with E-state index in [2.05, 4.69) is 20.6 Å². The lowest BCUT2D eigenvalue weighted by atomic mass is 10.1. The lowest BCUT2D eigenvalue weighted by molar-refractivity contribution is -0.143. The maximum absolute atomic E-state index is 12.5. The van der Waals surface area contributed by atoms with E-state index in [1.54, 1.807) is 13.3 Å². The van der Waals surface area contributed by atoms with Crippen molar-refractivity contribution in [2.45, 2.75) is 19.1 Å². The summed E-state index contributed by atoms with van der Waals surface area (Å²) in [6.07, 6.45) is -1.81. The maximum Gasteiger partial charge on any atom is 0.401 e. The number of nitrogens with zero attached hydrogens (tertiary/aromatic N) is 3. The Morgan fingerprint density at radius 1 is 1.29 bits per heavy atom. The number of hydrogen-bond acceptors (Lipinski definition) is 4. The number of aliphatic imine (C=N–C) groups is 1. The fourth-order valence-corrected chi connectivity index (χ4v) is 3.21. The molecule has 9 heteroatoms. The van der Waals surface area contributed by atoms with E-state index < -0.39 is 12.7 Å². The van der Waals surface area contributed by atoms with Gasteiger partial charge in [-0.25, -0.2) is 4.98 Å². The second-order valence-electron chi connectivity index (χ2n) is 6.82. The number of rotatable bonds is 6. The van der Waals surface area contributed by atoms with Gasteiger partial charge in [-0.05, 0) is 31.0 Å². The van der Waals surface area contributed by atoms with Crippen LogP contribution in [0.25, 0.3) is 11.5 Å². The molecule has 3 rings (SSSR count). The summed E-state index contributed by atoms with van der Waals surface area (Å²) in [7, 11) is 1.65. The second kappa shape index (κ2) is 9.09. The Balaban J connectivity index is 1.43. The molecule has 1 aliphatic heterocycles. The molecular formula is C19H24F3N5O. The number of hydrogen-bond donors (Lipinski definition) is 2. The Morgan fingerprint density at radius 2 is 2.07 bits per heavy atom. The van der Waals surface area contributed by atoms with E-state index in [9.17, 15) is 13.2 Å². The Bertz CT molecular complexity index is 775. The largest absolute Gasteiger partial charge is 0.444 e. The van der Waals surface area contributed by atoms with Gasteiger partial charge in [0.25, 0.3) is 0 Å². The van der Waals surface area contributed by atoms with E-state index >= 15 is 0 Å². The zero-order valence-corrected chi connectivity index (χ0v) is 15.7. The minimum absolute atomic E-state index is 0.164. The zero-order valence-electron chi connectivity index (χ0n) is 15.7. The third-order valence-electron chi connectivity index (χ3n) is 4.56. The second-order valence-corrected chi connectivity index (χ2v) is 6.82. The summed E-state index contributed by atoms with van der Waals surface area (Å²) in [6.45, 7) is 1.07. The molecule has 0 aliphatic carbocycles. The molecule has 0 saturated carbocycles. The predicted octanol–water partition coefficient (Wildman–Crippen LogP) is 2.89. The smallest absolute Gasteiger partial charge is 0.401 e. The van der Waals surface area contributed by atoms with Crippen molar-refractivity contribution in [3.63, 3.8) is 0 Å². The number of alkyl halides is 3. The van der Waals surface area contributed by atoms with E-state index in [4.69, 9.17) is 4.42 Å². The van der Waals surface area contributed by atoms with Crippen molar-refractivity contribution < 1.29 is 17.6 Å². The number of benzene rings is 1. The third kappa shape index (κ3) is 5.98. The number of likely N-dealkylation sites (tertiary alicyclic amines) is 1. The highest BCUT2D eigenvalue weighted by atomic mass is 19.4. The minimum Gasteiger partial charge on any atom is -0.444 e. The maximum atomic E-state index is 12.5. The van der Waals surface area contributed by atoms with Crippen LogP contribution in [0, 0.1) is 5.92 Å². The first-order valence-corrected chi connectivity index (χ1v) is 9.16. The summed E-state index contributed by atoms with van der Waals surface area (Å²) in [5, 5.41) is 6.32. The SMILES string of the molecule is CN=C(NCc1coc(-c2ccccc2)n1)NCC1CCN(CC(F)(F)F)C1. The molecule has 2 N–H and O–H groups in total. The van der Waals surface area contributed by atoms with Crippen LogP contribution in [0.1, 0.15) is 12.1 Å². The number of nitrogens with one attached hydrogen (secondary N) is 2. The highest BCUT2D eigenvalue weighted by Gasteiger charge is 2.34. The zero-order chi connectivity index (χ0) is 20.0. The van der Waals surface area contributed by atoms with Crippen molar-refractivity contribution >= 4 is 5.96 Å². The number of halogens is 3. The van der Waals surface area contributed by atoms with Crippen molar-refractivity contribution in [2.75, 3.05) is 33.2 Å². The molecule has 2 heterocycles. The van der Waals surface area contributed by atoms with Gasteiger partial charge in [-0.2, -0.15) is 13.2 Å². The lowest BCUT2D eigenvalue weighted by Crippen LogP contribution is -2.40. The molecule has 1 aromatic carbocycles. The first-order chi connectivity index (χ1) is 13.4. The molecule has 0 bridgehead atoms. The Hall–Kier alpha value is -2.55. The molecular weight excluding hydrogens is 371 g/mol. The molecule has 1 saturated heterocycles. The van der Waals surface area contributed by atoms with Gasteiger partial charge in [-0.1, -0.05) is 18.2 Å². The van der Waals surface area contributed by atoms with Crippen LogP contribution in [0.5, 0.6) is 0 Å². The van der Waals surface area contributed by atoms with Crippen LogP contribution in [0.15, 0.2) is 46.0 Å². The van der Waals surface area contributed by atoms with Crippen LogP contribution in [0.2, 0.25) is 0 Å². The van der Waals surface area contributed by atoms with Gasteiger partial charge < -0.3 is 15.1 Å². The summed E-state index contributed by atoms with van der Waals surface area (Å²) in [5.74, 6) is 1.30. The van der Waals surface area contributed by atoms with Crippen molar-refractivity contribution in [1.29, 1.82) is 0 Å². The van der Waals surface area contributed by atoms with Gasteiger partial charge in [-0.3, -0.25) is 9.89 Å². The molecule has 152 valence electrons. The van der Waals surface area contributed by atoms with E-state index in [1.165, 1.54) is 4.90 Å². The van der Waals surface area contributed by atoms with Gasteiger partial charge in [0, 0.05) is 25.7 Å². The average Bonchev–Trinajstić information content (AvgIpc) is 3.31. The fraction of sp³-hybridized carbons (Fsp3) is 0.474. The Morgan fingerprint density at radius 3 is 2.79 bits per heavy atom. The third-order valence-corrected chi connectivity index (χ3v) is 4.56. The van der Waals surface area contributed by atoms with Crippen molar-refractivity contribution in [1.82, 2.24) is 20.5 Å². The first-order valence-electron chi connectivity index (χ1n) is 9.16. The first kappa shape index (κ1) is 20.2. The Kier molecular flexibility index (Phi) is 6.56. The molecule has 1 atom stereocenters. The summed E-state index contributed by atoms with van der Waals surface area (Å²) >= 11 is 0. The van der Waals surface area contributed by atoms with E-state index in [0.29, 0.717) is 38.0 Å². The molecule has 1 fully saturated rings. The minimum atomic E-state index is -4.14. The average molecular weight is 395 g/mol. The summed E-state index contributed by atoms with van der Waals surface area (Å²) < 4.78 is 42.9. The quantitative estimate of drug-likeness (QED) is 0.582. The topological polar surface area (TPSA) is 65.7 Å². The molecule has 6 nitrogen and oxygen atoms in total. The van der Waals surface area contributed by atoms with Crippen LogP contribution >= 0.6 is 0 Å². The fourth-order valence-electron chi connectivity index (χ4n) is 3.21. The van der Waals surface area contributed by atoms with Crippen LogP contribution in [-0.4, -0.2) is 55.2 Å². The normalized spacial score (nSPS) is 18.4. The number of guanidine groups is 1. The van der Waals surface area contributed by atoms with Gasteiger partial charge in [0.2, 0.25) is 5.89 Å². The lowest BCUT2D eigenvalue weighted by Gasteiger charge is -2.18. The highest BCUT2D eigenvalue weighted by molar-refractivity contribution is 5.79. The van der Waals surface area contributed by atoms with Crippen LogP contribution in [0.4, 0.5) is 13.2 Å². The Labute approximate surface area is 161 Å². The molecule has 0 radical (unpaired) electrons. The van der Waals surface area contributed by atoms with Gasteiger partial charge in [0.1, 0.15) is 6.26 Å². The molecule has 0 spiro atoms. The molecule has 2 aromatic rings. The molecule has 1 aliphatic rings. The molecule has 1 unspecified atom stereocenters. The van der Waals surface area contributed by atoms with Crippen molar-refractivity contribution in [2.24, 2.45) is 10.9 Å². The van der Waals surface area contributed by atoms with Gasteiger partial charge in [0.05, 0.1) is 18.8 Å². The molecule has 28 heavy (non-hydrogen) atoms. The standard InChI is InChI=1S/C19H24F3N5O/c1-23-18(24-9-14-7-8-27(11-14)13-19(20,21)22)25-10-16-12-28-17(26-16)15-5-3-2-4-6-15/h2-6,12,14H,7-11,13H2,1H3,(H2,23,24,25). The van der Waals surface area contributed by atoms with Crippen LogP contribution < -0.4 is 10.6 Å². The number of aromatic nitrogens is 1. The van der Waals surface area contributed by atoms with Crippen molar-refractivity contribution in [3.8, 4) is 11.5 Å². The summed E-state index contributed by atoms with van der Waals surface area (Å²) in [4.78, 5) is 10.0. The van der Waals surface area contributed by atoms with E-state index in [-0.39, 0.29) is 5.92 Å². The van der Waals surface area contributed by atoms with Crippen LogP contribution in [0.3, 0.4) is 0 Å². The molecule has 0 amide bonds. The number of oxazole rings is 1. The monoisotopic (exact) mass is 395 g/mol. The summed E-state index contributed by atoms with van der Waals surface area (Å²) in [6, 6.07) is 9.61. The van der Waals surface area contributed by atoms with Gasteiger partial charge in [0.15, 0.2) is 5.96 Å². The van der Waals surface area contributed by atoms with E-state index in [1.807, 2.05) is 30.3 Å². The van der Waals surface area contributed by atoms with Crippen LogP contribution in [-0.2, 0) is 6.54 Å². The van der Waals surface area contributed by atoms with Crippen molar-refractivity contribution in [3.05, 3.63) is 42.3 Å². The van der Waals surface area contributed by atoms with E-state index in [0.717, 1.165) is 17.7 Å². The van der Waals surface area contributed by atoms with Gasteiger partial charge >= 0.3 is 6.18 Å². The predicted molar refractivity (Wildman–Crippen MR) is 101 cm³/mol. The molecule has 1 aromatic heterocycles.